The Hall–Kier alpha value is -1.54. The topological polar surface area (TPSA) is 73.1 Å². The van der Waals surface area contributed by atoms with Gasteiger partial charge in [0.2, 0.25) is 0 Å². The zero-order valence-corrected chi connectivity index (χ0v) is 14.8. The van der Waals surface area contributed by atoms with Crippen LogP contribution in [0.4, 0.5) is 10.5 Å². The van der Waals surface area contributed by atoms with Gasteiger partial charge in [0.25, 0.3) is 0 Å². The van der Waals surface area contributed by atoms with Gasteiger partial charge in [-0.1, -0.05) is 41.5 Å². The van der Waals surface area contributed by atoms with Crippen molar-refractivity contribution in [2.75, 3.05) is 5.32 Å². The molecule has 1 aromatic carbocycles. The lowest BCUT2D eigenvalue weighted by Crippen LogP contribution is -2.22. The first-order valence-corrected chi connectivity index (χ1v) is 7.46. The number of rotatable bonds is 1. The van der Waals surface area contributed by atoms with Crippen LogP contribution in [0.1, 0.15) is 58.2 Å². The number of carboxylic acid groups (broad SMARTS) is 1. The van der Waals surface area contributed by atoms with Crippen molar-refractivity contribution in [2.45, 2.75) is 52.4 Å². The highest BCUT2D eigenvalue weighted by Crippen LogP contribution is 2.42. The second-order valence-electron chi connectivity index (χ2n) is 7.08. The predicted octanol–water partition coefficient (Wildman–Crippen LogP) is 5.01. The Bertz CT molecular complexity index is 617. The standard InChI is InChI=1S/C16H21BrN2O2/c1-15(2,3)10-7-11(19-14(20)21)12(16(4,5)6)13(17)9(10)8-18/h7,19H,1-6H3,(H,20,21). The second-order valence-corrected chi connectivity index (χ2v) is 7.87. The van der Waals surface area contributed by atoms with Crippen LogP contribution in [-0.4, -0.2) is 11.2 Å². The van der Waals surface area contributed by atoms with E-state index in [9.17, 15) is 10.1 Å². The Kier molecular flexibility index (Phi) is 4.74. The van der Waals surface area contributed by atoms with Crippen LogP contribution in [0.3, 0.4) is 0 Å². The van der Waals surface area contributed by atoms with Crippen molar-refractivity contribution in [3.63, 3.8) is 0 Å². The SMILES string of the molecule is CC(C)(C)c1cc(NC(=O)O)c(C(C)(C)C)c(Br)c1C#N. The first kappa shape index (κ1) is 17.5. The van der Waals surface area contributed by atoms with Crippen LogP contribution in [-0.2, 0) is 10.8 Å². The Morgan fingerprint density at radius 3 is 2.10 bits per heavy atom. The molecule has 2 N–H and O–H groups in total. The maximum Gasteiger partial charge on any atom is 0.409 e. The molecule has 0 atom stereocenters. The summed E-state index contributed by atoms with van der Waals surface area (Å²) in [4.78, 5) is 11.1. The smallest absolute Gasteiger partial charge is 0.409 e. The van der Waals surface area contributed by atoms with Gasteiger partial charge in [-0.2, -0.15) is 5.26 Å². The lowest BCUT2D eigenvalue weighted by atomic mass is 9.78. The number of nitriles is 1. The van der Waals surface area contributed by atoms with Gasteiger partial charge in [0, 0.05) is 10.2 Å². The third-order valence-electron chi connectivity index (χ3n) is 3.18. The van der Waals surface area contributed by atoms with E-state index in [2.05, 4.69) is 27.3 Å². The van der Waals surface area contributed by atoms with E-state index in [1.54, 1.807) is 6.07 Å². The maximum atomic E-state index is 11.1. The van der Waals surface area contributed by atoms with Crippen molar-refractivity contribution in [3.8, 4) is 6.07 Å². The number of anilines is 1. The second kappa shape index (κ2) is 5.69. The van der Waals surface area contributed by atoms with Gasteiger partial charge in [-0.25, -0.2) is 4.79 Å². The highest BCUT2D eigenvalue weighted by atomic mass is 79.9. The van der Waals surface area contributed by atoms with Crippen molar-refractivity contribution < 1.29 is 9.90 Å². The van der Waals surface area contributed by atoms with Gasteiger partial charge in [0.15, 0.2) is 0 Å². The molecule has 0 saturated carbocycles. The zero-order chi connectivity index (χ0) is 16.6. The summed E-state index contributed by atoms with van der Waals surface area (Å²) >= 11 is 3.51. The fourth-order valence-corrected chi connectivity index (χ4v) is 3.41. The quantitative estimate of drug-likeness (QED) is 0.746. The first-order valence-electron chi connectivity index (χ1n) is 6.67. The number of hydrogen-bond donors (Lipinski definition) is 2. The van der Waals surface area contributed by atoms with Crippen LogP contribution in [0.2, 0.25) is 0 Å². The summed E-state index contributed by atoms with van der Waals surface area (Å²) in [5.74, 6) is 0. The molecule has 1 rings (SSSR count). The minimum atomic E-state index is -1.11. The molecule has 0 unspecified atom stereocenters. The van der Waals surface area contributed by atoms with E-state index in [0.29, 0.717) is 15.7 Å². The molecule has 0 spiro atoms. The molecule has 0 fully saturated rings. The molecule has 0 aromatic heterocycles. The van der Waals surface area contributed by atoms with Crippen LogP contribution in [0.15, 0.2) is 10.5 Å². The number of benzene rings is 1. The Labute approximate surface area is 134 Å². The van der Waals surface area contributed by atoms with Crippen molar-refractivity contribution >= 4 is 27.7 Å². The summed E-state index contributed by atoms with van der Waals surface area (Å²) < 4.78 is 0.661. The fraction of sp³-hybridized carbons (Fsp3) is 0.500. The molecule has 5 heteroatoms. The first-order chi connectivity index (χ1) is 9.39. The average molecular weight is 353 g/mol. The normalized spacial score (nSPS) is 11.9. The van der Waals surface area contributed by atoms with E-state index >= 15 is 0 Å². The number of carbonyl (C=O) groups is 1. The summed E-state index contributed by atoms with van der Waals surface area (Å²) in [6.07, 6.45) is -1.11. The van der Waals surface area contributed by atoms with Crippen LogP contribution in [0.25, 0.3) is 0 Å². The Morgan fingerprint density at radius 1 is 1.24 bits per heavy atom. The molecule has 0 heterocycles. The predicted molar refractivity (Wildman–Crippen MR) is 87.9 cm³/mol. The minimum absolute atomic E-state index is 0.265. The molecular weight excluding hydrogens is 332 g/mol. The number of hydrogen-bond acceptors (Lipinski definition) is 2. The monoisotopic (exact) mass is 352 g/mol. The third kappa shape index (κ3) is 3.76. The van der Waals surface area contributed by atoms with E-state index in [-0.39, 0.29) is 10.8 Å². The number of nitrogens with one attached hydrogen (secondary N) is 1. The Morgan fingerprint density at radius 2 is 1.76 bits per heavy atom. The molecule has 0 aliphatic rings. The van der Waals surface area contributed by atoms with Gasteiger partial charge >= 0.3 is 6.09 Å². The lowest BCUT2D eigenvalue weighted by Gasteiger charge is -2.29. The third-order valence-corrected chi connectivity index (χ3v) is 3.97. The van der Waals surface area contributed by atoms with E-state index in [1.165, 1.54) is 0 Å². The summed E-state index contributed by atoms with van der Waals surface area (Å²) in [5.41, 5.74) is 2.11. The summed E-state index contributed by atoms with van der Waals surface area (Å²) in [5, 5.41) is 21.0. The molecule has 0 aliphatic heterocycles. The van der Waals surface area contributed by atoms with E-state index in [4.69, 9.17) is 5.11 Å². The molecular formula is C16H21BrN2O2. The van der Waals surface area contributed by atoms with Gasteiger partial charge in [-0.3, -0.25) is 5.32 Å². The van der Waals surface area contributed by atoms with Crippen LogP contribution >= 0.6 is 15.9 Å². The maximum absolute atomic E-state index is 11.1. The van der Waals surface area contributed by atoms with Gasteiger partial charge in [0.1, 0.15) is 6.07 Å². The number of nitrogens with zero attached hydrogens (tertiary/aromatic N) is 1. The van der Waals surface area contributed by atoms with Crippen LogP contribution < -0.4 is 5.32 Å². The zero-order valence-electron chi connectivity index (χ0n) is 13.3. The molecule has 21 heavy (non-hydrogen) atoms. The molecule has 1 amide bonds. The summed E-state index contributed by atoms with van der Waals surface area (Å²) in [6.45, 7) is 11.9. The average Bonchev–Trinajstić information content (AvgIpc) is 2.24. The summed E-state index contributed by atoms with van der Waals surface area (Å²) in [6, 6.07) is 4.02. The molecule has 4 nitrogen and oxygen atoms in total. The number of amides is 1. The molecule has 0 radical (unpaired) electrons. The molecule has 0 aliphatic carbocycles. The number of halogens is 1. The lowest BCUT2D eigenvalue weighted by molar-refractivity contribution is 0.209. The van der Waals surface area contributed by atoms with E-state index in [1.807, 2.05) is 41.5 Å². The van der Waals surface area contributed by atoms with Crippen molar-refractivity contribution in [2.24, 2.45) is 0 Å². The molecule has 1 aromatic rings. The van der Waals surface area contributed by atoms with Crippen molar-refractivity contribution in [1.82, 2.24) is 0 Å². The summed E-state index contributed by atoms with van der Waals surface area (Å²) in [7, 11) is 0. The largest absolute Gasteiger partial charge is 0.465 e. The fourth-order valence-electron chi connectivity index (χ4n) is 2.30. The van der Waals surface area contributed by atoms with E-state index < -0.39 is 6.09 Å². The molecule has 0 bridgehead atoms. The highest BCUT2D eigenvalue weighted by molar-refractivity contribution is 9.10. The highest BCUT2D eigenvalue weighted by Gasteiger charge is 2.29. The Balaban J connectivity index is 3.82. The molecule has 114 valence electrons. The molecule has 0 saturated heterocycles. The van der Waals surface area contributed by atoms with Crippen molar-refractivity contribution in [3.05, 3.63) is 27.2 Å². The van der Waals surface area contributed by atoms with Crippen LogP contribution in [0.5, 0.6) is 0 Å². The van der Waals surface area contributed by atoms with E-state index in [0.717, 1.165) is 11.1 Å². The van der Waals surface area contributed by atoms with Gasteiger partial charge < -0.3 is 5.11 Å². The van der Waals surface area contributed by atoms with Crippen molar-refractivity contribution in [1.29, 1.82) is 5.26 Å². The van der Waals surface area contributed by atoms with Crippen LogP contribution in [0, 0.1) is 11.3 Å². The van der Waals surface area contributed by atoms with Gasteiger partial charge in [-0.15, -0.1) is 0 Å². The minimum Gasteiger partial charge on any atom is -0.465 e. The van der Waals surface area contributed by atoms with Gasteiger partial charge in [0.05, 0.1) is 5.56 Å². The van der Waals surface area contributed by atoms with Gasteiger partial charge in [-0.05, 0) is 44.0 Å².